The molecule has 170 valence electrons. The van der Waals surface area contributed by atoms with E-state index in [0.717, 1.165) is 33.8 Å². The van der Waals surface area contributed by atoms with Gasteiger partial charge in [0.05, 0.1) is 18.9 Å². The van der Waals surface area contributed by atoms with Gasteiger partial charge in [-0.05, 0) is 48.5 Å². The standard InChI is InChI=1S/C25H22N6O3/c1-33-18-10-8-17(9-11-18)22-27-28-23-19-5-2-3-6-20(19)26-25(31(22)23)30-14-12-29(13-15-30)24(32)21-7-4-16-34-21/h2-11,16H,12-15H2,1H3. The molecule has 0 aliphatic carbocycles. The van der Waals surface area contributed by atoms with Crippen molar-refractivity contribution in [2.45, 2.75) is 0 Å². The third-order valence-corrected chi connectivity index (χ3v) is 6.16. The van der Waals surface area contributed by atoms with Crippen molar-refractivity contribution in [2.75, 3.05) is 38.2 Å². The molecule has 0 spiro atoms. The molecule has 0 saturated carbocycles. The van der Waals surface area contributed by atoms with Crippen LogP contribution in [0.5, 0.6) is 5.75 Å². The molecule has 6 rings (SSSR count). The van der Waals surface area contributed by atoms with Gasteiger partial charge in [0.25, 0.3) is 5.91 Å². The van der Waals surface area contributed by atoms with Gasteiger partial charge in [0.1, 0.15) is 5.75 Å². The van der Waals surface area contributed by atoms with Crippen LogP contribution in [0.2, 0.25) is 0 Å². The van der Waals surface area contributed by atoms with Crippen LogP contribution >= 0.6 is 0 Å². The predicted octanol–water partition coefficient (Wildman–Crippen LogP) is 3.51. The maximum Gasteiger partial charge on any atom is 0.289 e. The van der Waals surface area contributed by atoms with Crippen molar-refractivity contribution in [3.63, 3.8) is 0 Å². The van der Waals surface area contributed by atoms with E-state index in [0.29, 0.717) is 37.8 Å². The largest absolute Gasteiger partial charge is 0.497 e. The number of nitrogens with zero attached hydrogens (tertiary/aromatic N) is 6. The number of rotatable bonds is 4. The molecule has 3 aromatic heterocycles. The third kappa shape index (κ3) is 3.33. The molecule has 4 heterocycles. The molecule has 1 fully saturated rings. The highest BCUT2D eigenvalue weighted by molar-refractivity contribution is 5.94. The number of amides is 1. The fourth-order valence-corrected chi connectivity index (χ4v) is 4.37. The Kier molecular flexibility index (Phi) is 4.87. The van der Waals surface area contributed by atoms with E-state index >= 15 is 0 Å². The number of fused-ring (bicyclic) bond motifs is 3. The van der Waals surface area contributed by atoms with E-state index in [1.807, 2.05) is 57.8 Å². The number of hydrogen-bond acceptors (Lipinski definition) is 7. The Morgan fingerprint density at radius 2 is 1.74 bits per heavy atom. The van der Waals surface area contributed by atoms with E-state index in [9.17, 15) is 4.79 Å². The Morgan fingerprint density at radius 1 is 0.941 bits per heavy atom. The van der Waals surface area contributed by atoms with E-state index in [1.54, 1.807) is 19.2 Å². The summed E-state index contributed by atoms with van der Waals surface area (Å²) in [4.78, 5) is 21.7. The lowest BCUT2D eigenvalue weighted by Gasteiger charge is -2.35. The first-order chi connectivity index (χ1) is 16.7. The second-order valence-corrected chi connectivity index (χ2v) is 8.10. The monoisotopic (exact) mass is 454 g/mol. The van der Waals surface area contributed by atoms with Crippen LogP contribution in [-0.4, -0.2) is 63.7 Å². The van der Waals surface area contributed by atoms with Crippen molar-refractivity contribution in [2.24, 2.45) is 0 Å². The SMILES string of the molecule is COc1ccc(-c2nnc3c4ccccc4nc(N4CCN(C(=O)c5ccco5)CC4)n23)cc1. The zero-order valence-electron chi connectivity index (χ0n) is 18.6. The van der Waals surface area contributed by atoms with Crippen molar-refractivity contribution >= 4 is 28.4 Å². The lowest BCUT2D eigenvalue weighted by atomic mass is 10.2. The maximum atomic E-state index is 12.7. The van der Waals surface area contributed by atoms with Gasteiger partial charge >= 0.3 is 0 Å². The Morgan fingerprint density at radius 3 is 2.47 bits per heavy atom. The molecule has 0 bridgehead atoms. The highest BCUT2D eigenvalue weighted by Crippen LogP contribution is 2.29. The first-order valence-electron chi connectivity index (χ1n) is 11.1. The molecule has 1 saturated heterocycles. The van der Waals surface area contributed by atoms with Crippen LogP contribution in [-0.2, 0) is 0 Å². The second kappa shape index (κ2) is 8.18. The van der Waals surface area contributed by atoms with Crippen molar-refractivity contribution < 1.29 is 13.9 Å². The topological polar surface area (TPSA) is 89.0 Å². The number of hydrogen-bond donors (Lipinski definition) is 0. The number of ether oxygens (including phenoxy) is 1. The van der Waals surface area contributed by atoms with E-state index in [-0.39, 0.29) is 5.91 Å². The van der Waals surface area contributed by atoms with E-state index < -0.39 is 0 Å². The summed E-state index contributed by atoms with van der Waals surface area (Å²) in [5.41, 5.74) is 2.52. The van der Waals surface area contributed by atoms with Gasteiger partial charge in [-0.25, -0.2) is 9.38 Å². The second-order valence-electron chi connectivity index (χ2n) is 8.10. The Bertz CT molecular complexity index is 1470. The molecule has 1 amide bonds. The fourth-order valence-electron chi connectivity index (χ4n) is 4.37. The van der Waals surface area contributed by atoms with Crippen LogP contribution in [0.3, 0.4) is 0 Å². The van der Waals surface area contributed by atoms with E-state index in [1.165, 1.54) is 6.26 Å². The summed E-state index contributed by atoms with van der Waals surface area (Å²) in [7, 11) is 1.64. The van der Waals surface area contributed by atoms with Crippen molar-refractivity contribution in [3.05, 3.63) is 72.7 Å². The van der Waals surface area contributed by atoms with Crippen molar-refractivity contribution in [1.82, 2.24) is 24.5 Å². The number of benzene rings is 2. The molecule has 0 unspecified atom stereocenters. The molecule has 0 atom stereocenters. The number of piperazine rings is 1. The molecule has 2 aromatic carbocycles. The Labute approximate surface area is 195 Å². The number of carbonyl (C=O) groups is 1. The first-order valence-corrected chi connectivity index (χ1v) is 11.1. The lowest BCUT2D eigenvalue weighted by molar-refractivity contribution is 0.0714. The number of aromatic nitrogens is 4. The van der Waals surface area contributed by atoms with Crippen LogP contribution in [0, 0.1) is 0 Å². The van der Waals surface area contributed by atoms with Crippen LogP contribution in [0.25, 0.3) is 27.9 Å². The zero-order valence-corrected chi connectivity index (χ0v) is 18.6. The fraction of sp³-hybridized carbons (Fsp3) is 0.200. The molecule has 9 nitrogen and oxygen atoms in total. The van der Waals surface area contributed by atoms with Crippen molar-refractivity contribution in [1.29, 1.82) is 0 Å². The molecular weight excluding hydrogens is 432 g/mol. The minimum atomic E-state index is -0.0931. The minimum Gasteiger partial charge on any atom is -0.497 e. The van der Waals surface area contributed by atoms with Gasteiger partial charge in [-0.3, -0.25) is 4.79 Å². The Hall–Kier alpha value is -4.40. The van der Waals surface area contributed by atoms with Gasteiger partial charge in [-0.2, -0.15) is 0 Å². The molecule has 0 N–H and O–H groups in total. The van der Waals surface area contributed by atoms with Gasteiger partial charge < -0.3 is 19.0 Å². The van der Waals surface area contributed by atoms with Gasteiger partial charge in [-0.1, -0.05) is 12.1 Å². The summed E-state index contributed by atoms with van der Waals surface area (Å²) in [5, 5.41) is 10.0. The first kappa shape index (κ1) is 20.2. The van der Waals surface area contributed by atoms with E-state index in [4.69, 9.17) is 14.1 Å². The van der Waals surface area contributed by atoms with Crippen LogP contribution in [0.1, 0.15) is 10.6 Å². The number of furan rings is 1. The number of para-hydroxylation sites is 1. The molecular formula is C25H22N6O3. The Balaban J connectivity index is 1.41. The molecule has 34 heavy (non-hydrogen) atoms. The van der Waals surface area contributed by atoms with Crippen molar-refractivity contribution in [3.8, 4) is 17.1 Å². The quantitative estimate of drug-likeness (QED) is 0.411. The molecule has 9 heteroatoms. The average molecular weight is 454 g/mol. The van der Waals surface area contributed by atoms with Gasteiger partial charge in [0.2, 0.25) is 5.95 Å². The summed E-state index contributed by atoms with van der Waals surface area (Å²) in [5.74, 6) is 2.51. The van der Waals surface area contributed by atoms with E-state index in [2.05, 4.69) is 15.1 Å². The molecule has 5 aromatic rings. The zero-order chi connectivity index (χ0) is 23.1. The molecule has 0 radical (unpaired) electrons. The van der Waals surface area contributed by atoms with Crippen LogP contribution in [0.4, 0.5) is 5.95 Å². The maximum absolute atomic E-state index is 12.7. The third-order valence-electron chi connectivity index (χ3n) is 6.16. The average Bonchev–Trinajstić information content (AvgIpc) is 3.59. The van der Waals surface area contributed by atoms with Crippen LogP contribution < -0.4 is 9.64 Å². The number of methoxy groups -OCH3 is 1. The predicted molar refractivity (Wildman–Crippen MR) is 127 cm³/mol. The molecule has 1 aliphatic heterocycles. The summed E-state index contributed by atoms with van der Waals surface area (Å²) < 4.78 is 12.6. The summed E-state index contributed by atoms with van der Waals surface area (Å²) in [6.07, 6.45) is 1.52. The summed E-state index contributed by atoms with van der Waals surface area (Å²) in [6, 6.07) is 19.1. The van der Waals surface area contributed by atoms with Gasteiger partial charge in [-0.15, -0.1) is 10.2 Å². The summed E-state index contributed by atoms with van der Waals surface area (Å²) >= 11 is 0. The number of carbonyl (C=O) groups excluding carboxylic acids is 1. The van der Waals surface area contributed by atoms with Gasteiger partial charge in [0, 0.05) is 37.1 Å². The highest BCUT2D eigenvalue weighted by Gasteiger charge is 2.27. The normalized spacial score (nSPS) is 14.1. The van der Waals surface area contributed by atoms with Crippen LogP contribution in [0.15, 0.2) is 71.3 Å². The smallest absolute Gasteiger partial charge is 0.289 e. The van der Waals surface area contributed by atoms with Gasteiger partial charge in [0.15, 0.2) is 17.2 Å². The highest BCUT2D eigenvalue weighted by atomic mass is 16.5. The lowest BCUT2D eigenvalue weighted by Crippen LogP contribution is -2.49. The molecule has 1 aliphatic rings. The summed E-state index contributed by atoms with van der Waals surface area (Å²) in [6.45, 7) is 2.39. The number of anilines is 1. The minimum absolute atomic E-state index is 0.0931.